The predicted octanol–water partition coefficient (Wildman–Crippen LogP) is 0.606. The first kappa shape index (κ1) is 24.2. The van der Waals surface area contributed by atoms with Gasteiger partial charge in [0.25, 0.3) is 12.4 Å². The summed E-state index contributed by atoms with van der Waals surface area (Å²) in [5.74, 6) is 0.428. The number of nitrogens with zero attached hydrogens (tertiary/aromatic N) is 2. The molecule has 4 rings (SSSR count). The second-order valence-electron chi connectivity index (χ2n) is 8.16. The third-order valence-corrected chi connectivity index (χ3v) is 6.03. The summed E-state index contributed by atoms with van der Waals surface area (Å²) < 4.78 is 5.56. The van der Waals surface area contributed by atoms with Gasteiger partial charge in [-0.25, -0.2) is 4.98 Å². The number of aromatic amines is 2. The Hall–Kier alpha value is -3.47. The summed E-state index contributed by atoms with van der Waals surface area (Å²) in [5, 5.41) is 9.84. The van der Waals surface area contributed by atoms with Gasteiger partial charge < -0.3 is 30.0 Å². The largest absolute Gasteiger partial charge is 0.483 e. The van der Waals surface area contributed by atoms with Crippen LogP contribution in [0.5, 0.6) is 0 Å². The number of carbonyl (C=O) groups excluding carboxylic acids is 2. The van der Waals surface area contributed by atoms with E-state index >= 15 is 0 Å². The number of carboxylic acid groups (broad SMARTS) is 1. The van der Waals surface area contributed by atoms with Crippen LogP contribution in [0.1, 0.15) is 47.0 Å². The molecule has 1 fully saturated rings. The molecule has 1 aliphatic heterocycles. The van der Waals surface area contributed by atoms with Gasteiger partial charge in [0.2, 0.25) is 11.5 Å². The van der Waals surface area contributed by atoms with E-state index in [9.17, 15) is 14.4 Å². The van der Waals surface area contributed by atoms with Gasteiger partial charge in [0.1, 0.15) is 11.5 Å². The molecule has 11 heteroatoms. The summed E-state index contributed by atoms with van der Waals surface area (Å²) in [6, 6.07) is 4.15. The molecule has 2 aliphatic rings. The maximum atomic E-state index is 13.2. The number of hydrogen-bond donors (Lipinski definition) is 4. The molecule has 178 valence electrons. The molecule has 0 bridgehead atoms. The van der Waals surface area contributed by atoms with Gasteiger partial charge in [0, 0.05) is 32.1 Å². The summed E-state index contributed by atoms with van der Waals surface area (Å²) in [7, 11) is 1.61. The van der Waals surface area contributed by atoms with Crippen molar-refractivity contribution in [1.82, 2.24) is 25.2 Å². The van der Waals surface area contributed by atoms with Gasteiger partial charge in [-0.15, -0.1) is 0 Å². The maximum absolute atomic E-state index is 13.2. The number of rotatable bonds is 4. The summed E-state index contributed by atoms with van der Waals surface area (Å²) in [5.41, 5.74) is 1.92. The Bertz CT molecular complexity index is 1050. The van der Waals surface area contributed by atoms with Crippen LogP contribution in [0.15, 0.2) is 23.0 Å². The highest BCUT2D eigenvalue weighted by atomic mass is 16.5. The van der Waals surface area contributed by atoms with Crippen molar-refractivity contribution in [1.29, 1.82) is 0 Å². The van der Waals surface area contributed by atoms with Crippen molar-refractivity contribution < 1.29 is 24.2 Å². The van der Waals surface area contributed by atoms with E-state index < -0.39 is 0 Å². The molecular formula is C22H29N5O6. The molecule has 11 nitrogen and oxygen atoms in total. The fourth-order valence-corrected chi connectivity index (χ4v) is 4.51. The summed E-state index contributed by atoms with van der Waals surface area (Å²) in [6.45, 7) is 2.87. The van der Waals surface area contributed by atoms with Gasteiger partial charge in [0.15, 0.2) is 0 Å². The van der Waals surface area contributed by atoms with E-state index in [-0.39, 0.29) is 47.6 Å². The van der Waals surface area contributed by atoms with E-state index in [2.05, 4.69) is 20.3 Å². The number of ether oxygens (including phenoxy) is 1. The van der Waals surface area contributed by atoms with Gasteiger partial charge in [-0.05, 0) is 32.3 Å². The van der Waals surface area contributed by atoms with Crippen LogP contribution in [0.2, 0.25) is 0 Å². The van der Waals surface area contributed by atoms with Crippen LogP contribution in [-0.4, -0.2) is 69.0 Å². The molecule has 0 saturated heterocycles. The molecule has 0 radical (unpaired) electrons. The maximum Gasteiger partial charge on any atom is 0.290 e. The zero-order valence-electron chi connectivity index (χ0n) is 18.7. The zero-order chi connectivity index (χ0) is 24.0. The molecule has 1 aliphatic carbocycles. The van der Waals surface area contributed by atoms with Gasteiger partial charge in [-0.1, -0.05) is 6.07 Å². The van der Waals surface area contributed by atoms with Crippen LogP contribution in [-0.2, 0) is 27.3 Å². The van der Waals surface area contributed by atoms with E-state index in [1.807, 2.05) is 11.8 Å². The third-order valence-electron chi connectivity index (χ3n) is 6.03. The molecule has 2 aromatic rings. The molecule has 33 heavy (non-hydrogen) atoms. The number of H-pyrrole nitrogens is 2. The first-order chi connectivity index (χ1) is 15.9. The Morgan fingerprint density at radius 2 is 2.06 bits per heavy atom. The molecule has 2 aromatic heterocycles. The average molecular weight is 460 g/mol. The van der Waals surface area contributed by atoms with Crippen molar-refractivity contribution in [3.05, 3.63) is 51.5 Å². The molecule has 3 atom stereocenters. The molecule has 0 spiro atoms. The van der Waals surface area contributed by atoms with E-state index in [1.54, 1.807) is 13.2 Å². The minimum absolute atomic E-state index is 0.106. The van der Waals surface area contributed by atoms with Crippen LogP contribution >= 0.6 is 0 Å². The average Bonchev–Trinajstić information content (AvgIpc) is 3.18. The number of pyridine rings is 1. The molecule has 1 saturated carbocycles. The minimum atomic E-state index is -0.372. The first-order valence-electron chi connectivity index (χ1n) is 10.8. The Kier molecular flexibility index (Phi) is 7.99. The molecule has 0 aromatic carbocycles. The topological polar surface area (TPSA) is 157 Å². The van der Waals surface area contributed by atoms with Crippen LogP contribution in [0.4, 0.5) is 0 Å². The number of fused-ring (bicyclic) bond motifs is 1. The lowest BCUT2D eigenvalue weighted by Crippen LogP contribution is -2.51. The van der Waals surface area contributed by atoms with Crippen LogP contribution in [0.3, 0.4) is 0 Å². The zero-order valence-corrected chi connectivity index (χ0v) is 18.7. The molecular weight excluding hydrogens is 430 g/mol. The SMILES string of the molecule is CO[C@@H]1CC[C@H](C(=O)N2CCc3nc(C)[nH]c3C2)C[C@H]1NC(=O)c1cccc(=O)[nH]1.O=CO. The number of amides is 2. The number of aromatic nitrogens is 3. The van der Waals surface area contributed by atoms with Crippen molar-refractivity contribution in [2.75, 3.05) is 13.7 Å². The Morgan fingerprint density at radius 1 is 1.30 bits per heavy atom. The fraction of sp³-hybridized carbons (Fsp3) is 0.500. The predicted molar refractivity (Wildman–Crippen MR) is 118 cm³/mol. The van der Waals surface area contributed by atoms with Crippen LogP contribution in [0.25, 0.3) is 0 Å². The molecule has 3 heterocycles. The van der Waals surface area contributed by atoms with Crippen molar-refractivity contribution >= 4 is 18.3 Å². The van der Waals surface area contributed by atoms with Gasteiger partial charge in [-0.3, -0.25) is 19.2 Å². The van der Waals surface area contributed by atoms with E-state index in [0.29, 0.717) is 25.9 Å². The Labute approximate surface area is 190 Å². The monoisotopic (exact) mass is 459 g/mol. The first-order valence-corrected chi connectivity index (χ1v) is 10.8. The minimum Gasteiger partial charge on any atom is -0.483 e. The lowest BCUT2D eigenvalue weighted by molar-refractivity contribution is -0.139. The second-order valence-corrected chi connectivity index (χ2v) is 8.16. The van der Waals surface area contributed by atoms with Crippen molar-refractivity contribution in [3.63, 3.8) is 0 Å². The van der Waals surface area contributed by atoms with Crippen molar-refractivity contribution in [2.24, 2.45) is 5.92 Å². The quantitative estimate of drug-likeness (QED) is 0.488. The highest BCUT2D eigenvalue weighted by Gasteiger charge is 2.37. The number of imidazole rings is 1. The number of nitrogens with one attached hydrogen (secondary N) is 3. The summed E-state index contributed by atoms with van der Waals surface area (Å²) >= 11 is 0. The number of carbonyl (C=O) groups is 3. The van der Waals surface area contributed by atoms with Gasteiger partial charge >= 0.3 is 0 Å². The van der Waals surface area contributed by atoms with Crippen LogP contribution in [0, 0.1) is 12.8 Å². The van der Waals surface area contributed by atoms with Gasteiger partial charge in [0.05, 0.1) is 30.1 Å². The highest BCUT2D eigenvalue weighted by Crippen LogP contribution is 2.30. The van der Waals surface area contributed by atoms with E-state index in [1.165, 1.54) is 12.1 Å². The molecule has 4 N–H and O–H groups in total. The van der Waals surface area contributed by atoms with E-state index in [0.717, 1.165) is 30.1 Å². The van der Waals surface area contributed by atoms with E-state index in [4.69, 9.17) is 14.6 Å². The third kappa shape index (κ3) is 5.86. The Morgan fingerprint density at radius 3 is 2.76 bits per heavy atom. The van der Waals surface area contributed by atoms with Crippen LogP contribution < -0.4 is 10.9 Å². The smallest absolute Gasteiger partial charge is 0.290 e. The molecule has 0 unspecified atom stereocenters. The standard InChI is InChI=1S/C21H27N5O4.CH2O2/c1-12-22-14-8-9-26(11-17(14)23-12)21(29)13-6-7-18(30-2)16(10-13)25-20(28)15-4-3-5-19(27)24-15;2-1-3/h3-5,13,16,18H,6-11H2,1-2H3,(H,22,23)(H,24,27)(H,25,28);1H,(H,2,3)/t13-,16+,18+;/m0./s1. The fourth-order valence-electron chi connectivity index (χ4n) is 4.51. The summed E-state index contributed by atoms with van der Waals surface area (Å²) in [6.07, 6.45) is 2.49. The summed E-state index contributed by atoms with van der Waals surface area (Å²) in [4.78, 5) is 57.8. The van der Waals surface area contributed by atoms with Crippen molar-refractivity contribution in [2.45, 2.75) is 51.3 Å². The van der Waals surface area contributed by atoms with Gasteiger partial charge in [-0.2, -0.15) is 0 Å². The lowest BCUT2D eigenvalue weighted by atomic mass is 9.82. The Balaban J connectivity index is 0.000000968. The number of aryl methyl sites for hydroxylation is 1. The lowest BCUT2D eigenvalue weighted by Gasteiger charge is -2.37. The van der Waals surface area contributed by atoms with Crippen molar-refractivity contribution in [3.8, 4) is 0 Å². The molecule has 2 amide bonds. The second kappa shape index (κ2) is 10.9. The highest BCUT2D eigenvalue weighted by molar-refractivity contribution is 5.92. The number of methoxy groups -OCH3 is 1. The number of hydrogen-bond acceptors (Lipinski definition) is 6. The normalized spacial score (nSPS) is 21.9.